The number of hydrogen-bond donors (Lipinski definition) is 0. The summed E-state index contributed by atoms with van der Waals surface area (Å²) in [5, 5.41) is 0. The molecule has 108 valence electrons. The van der Waals surface area contributed by atoms with Crippen molar-refractivity contribution in [3.05, 3.63) is 0 Å². The fourth-order valence-electron chi connectivity index (χ4n) is 2.59. The number of methoxy groups -OCH3 is 1. The Bertz CT molecular complexity index is 385. The summed E-state index contributed by atoms with van der Waals surface area (Å²) < 4.78 is 10.0. The molecule has 0 aromatic carbocycles. The van der Waals surface area contributed by atoms with Crippen LogP contribution in [0.1, 0.15) is 27.2 Å². The molecule has 0 radical (unpaired) electrons. The average Bonchev–Trinajstić information content (AvgIpc) is 2.67. The van der Waals surface area contributed by atoms with Crippen LogP contribution in [0.2, 0.25) is 0 Å². The van der Waals surface area contributed by atoms with Crippen LogP contribution in [0, 0.1) is 5.92 Å². The van der Waals surface area contributed by atoms with Crippen LogP contribution < -0.4 is 0 Å². The lowest BCUT2D eigenvalue weighted by molar-refractivity contribution is -0.148. The van der Waals surface area contributed by atoms with Crippen LogP contribution in [-0.2, 0) is 14.3 Å². The molecular formula is C13H21NO4S. The lowest BCUT2D eigenvalue weighted by Crippen LogP contribution is -2.65. The van der Waals surface area contributed by atoms with Gasteiger partial charge in [-0.2, -0.15) is 11.8 Å². The molecule has 2 rings (SSSR count). The smallest absolute Gasteiger partial charge is 0.410 e. The van der Waals surface area contributed by atoms with Gasteiger partial charge in [0.25, 0.3) is 0 Å². The summed E-state index contributed by atoms with van der Waals surface area (Å²) in [5.41, 5.74) is -0.482. The topological polar surface area (TPSA) is 55.8 Å². The van der Waals surface area contributed by atoms with Gasteiger partial charge in [-0.15, -0.1) is 0 Å². The lowest BCUT2D eigenvalue weighted by atomic mass is 9.83. The monoisotopic (exact) mass is 287 g/mol. The van der Waals surface area contributed by atoms with Gasteiger partial charge >= 0.3 is 12.1 Å². The SMILES string of the molecule is COC(=O)[C@@H]1CCSC12CN(C(=O)OC(C)(C)C)C2. The van der Waals surface area contributed by atoms with Gasteiger partial charge in [-0.1, -0.05) is 0 Å². The third kappa shape index (κ3) is 2.83. The largest absolute Gasteiger partial charge is 0.469 e. The van der Waals surface area contributed by atoms with E-state index in [1.165, 1.54) is 7.11 Å². The van der Waals surface area contributed by atoms with Gasteiger partial charge in [-0.05, 0) is 32.9 Å². The standard InChI is InChI=1S/C13H21NO4S/c1-12(2,3)18-11(16)14-7-13(8-14)9(5-6-19-13)10(15)17-4/h9H,5-8H2,1-4H3/t9-/m0/s1. The molecule has 0 saturated carbocycles. The highest BCUT2D eigenvalue weighted by Crippen LogP contribution is 2.49. The fourth-order valence-corrected chi connectivity index (χ4v) is 4.26. The molecule has 1 spiro atoms. The maximum absolute atomic E-state index is 11.9. The number of thioether (sulfide) groups is 1. The Kier molecular flexibility index (Phi) is 3.73. The van der Waals surface area contributed by atoms with Gasteiger partial charge in [-0.3, -0.25) is 4.79 Å². The second-order valence-corrected chi connectivity index (χ2v) is 7.62. The van der Waals surface area contributed by atoms with E-state index in [-0.39, 0.29) is 22.7 Å². The highest BCUT2D eigenvalue weighted by molar-refractivity contribution is 8.01. The maximum Gasteiger partial charge on any atom is 0.410 e. The van der Waals surface area contributed by atoms with Crippen LogP contribution in [0.5, 0.6) is 0 Å². The highest BCUT2D eigenvalue weighted by Gasteiger charge is 2.57. The first-order chi connectivity index (χ1) is 8.77. The number of esters is 1. The molecular weight excluding hydrogens is 266 g/mol. The van der Waals surface area contributed by atoms with Crippen molar-refractivity contribution in [2.24, 2.45) is 5.92 Å². The summed E-state index contributed by atoms with van der Waals surface area (Å²) in [7, 11) is 1.42. The Morgan fingerprint density at radius 2 is 1.95 bits per heavy atom. The van der Waals surface area contributed by atoms with Crippen LogP contribution >= 0.6 is 11.8 Å². The van der Waals surface area contributed by atoms with Crippen molar-refractivity contribution in [3.63, 3.8) is 0 Å². The van der Waals surface area contributed by atoms with Crippen LogP contribution in [0.3, 0.4) is 0 Å². The molecule has 6 heteroatoms. The highest BCUT2D eigenvalue weighted by atomic mass is 32.2. The third-order valence-corrected chi connectivity index (χ3v) is 5.04. The van der Waals surface area contributed by atoms with Crippen LogP contribution in [0.25, 0.3) is 0 Å². The van der Waals surface area contributed by atoms with E-state index < -0.39 is 5.60 Å². The molecule has 19 heavy (non-hydrogen) atoms. The number of amides is 1. The third-order valence-electron chi connectivity index (χ3n) is 3.49. The summed E-state index contributed by atoms with van der Waals surface area (Å²) in [4.78, 5) is 25.3. The Labute approximate surface area is 118 Å². The van der Waals surface area contributed by atoms with E-state index in [2.05, 4.69) is 0 Å². The van der Waals surface area contributed by atoms with Gasteiger partial charge in [0.2, 0.25) is 0 Å². The zero-order valence-corrected chi connectivity index (χ0v) is 12.7. The van der Waals surface area contributed by atoms with Gasteiger partial charge in [0, 0.05) is 13.1 Å². The molecule has 0 N–H and O–H groups in total. The average molecular weight is 287 g/mol. The molecule has 0 aliphatic carbocycles. The fraction of sp³-hybridized carbons (Fsp3) is 0.846. The number of hydrogen-bond acceptors (Lipinski definition) is 5. The lowest BCUT2D eigenvalue weighted by Gasteiger charge is -2.49. The first-order valence-corrected chi connectivity index (χ1v) is 7.46. The Hall–Kier alpha value is -0.910. The normalized spacial score (nSPS) is 25.1. The summed E-state index contributed by atoms with van der Waals surface area (Å²) in [6, 6.07) is 0. The van der Waals surface area contributed by atoms with Crippen LogP contribution in [-0.4, -0.2) is 53.3 Å². The zero-order chi connectivity index (χ0) is 14.3. The molecule has 0 aromatic rings. The van der Waals surface area contributed by atoms with E-state index in [1.807, 2.05) is 20.8 Å². The van der Waals surface area contributed by atoms with E-state index >= 15 is 0 Å². The molecule has 2 aliphatic rings. The molecule has 0 unspecified atom stereocenters. The van der Waals surface area contributed by atoms with Crippen molar-refractivity contribution in [1.29, 1.82) is 0 Å². The molecule has 0 bridgehead atoms. The van der Waals surface area contributed by atoms with E-state index in [0.29, 0.717) is 13.1 Å². The molecule has 2 saturated heterocycles. The molecule has 0 aromatic heterocycles. The molecule has 5 nitrogen and oxygen atoms in total. The molecule has 2 fully saturated rings. The molecule has 2 aliphatic heterocycles. The van der Waals surface area contributed by atoms with E-state index in [0.717, 1.165) is 12.2 Å². The summed E-state index contributed by atoms with van der Waals surface area (Å²) in [6.45, 7) is 6.70. The first kappa shape index (κ1) is 14.5. The van der Waals surface area contributed by atoms with Crippen molar-refractivity contribution < 1.29 is 19.1 Å². The number of rotatable bonds is 1. The minimum absolute atomic E-state index is 0.0961. The van der Waals surface area contributed by atoms with Crippen molar-refractivity contribution >= 4 is 23.8 Å². The minimum atomic E-state index is -0.482. The number of ether oxygens (including phenoxy) is 2. The quantitative estimate of drug-likeness (QED) is 0.689. The predicted molar refractivity (Wildman–Crippen MR) is 73.1 cm³/mol. The molecule has 1 atom stereocenters. The van der Waals surface area contributed by atoms with Crippen LogP contribution in [0.4, 0.5) is 4.79 Å². The van der Waals surface area contributed by atoms with Crippen molar-refractivity contribution in [2.75, 3.05) is 26.0 Å². The van der Waals surface area contributed by atoms with Crippen LogP contribution in [0.15, 0.2) is 0 Å². The minimum Gasteiger partial charge on any atom is -0.469 e. The zero-order valence-electron chi connectivity index (χ0n) is 11.9. The Morgan fingerprint density at radius 1 is 1.32 bits per heavy atom. The van der Waals surface area contributed by atoms with Gasteiger partial charge in [0.05, 0.1) is 17.8 Å². The Morgan fingerprint density at radius 3 is 2.47 bits per heavy atom. The summed E-state index contributed by atoms with van der Waals surface area (Å²) in [6.07, 6.45) is 0.536. The van der Waals surface area contributed by atoms with Gasteiger partial charge < -0.3 is 14.4 Å². The Balaban J connectivity index is 1.94. The predicted octanol–water partition coefficient (Wildman–Crippen LogP) is 1.90. The maximum atomic E-state index is 11.9. The number of carbonyl (C=O) groups is 2. The second-order valence-electron chi connectivity index (χ2n) is 6.11. The summed E-state index contributed by atoms with van der Waals surface area (Å²) in [5.74, 6) is 0.692. The van der Waals surface area contributed by atoms with Gasteiger partial charge in [-0.25, -0.2) is 4.79 Å². The second kappa shape index (κ2) is 4.89. The van der Waals surface area contributed by atoms with Gasteiger partial charge in [0.15, 0.2) is 0 Å². The first-order valence-electron chi connectivity index (χ1n) is 6.47. The van der Waals surface area contributed by atoms with E-state index in [1.54, 1.807) is 16.7 Å². The summed E-state index contributed by atoms with van der Waals surface area (Å²) >= 11 is 1.77. The van der Waals surface area contributed by atoms with Crippen molar-refractivity contribution in [1.82, 2.24) is 4.90 Å². The number of carbonyl (C=O) groups excluding carboxylic acids is 2. The van der Waals surface area contributed by atoms with Gasteiger partial charge in [0.1, 0.15) is 5.60 Å². The van der Waals surface area contributed by atoms with Crippen molar-refractivity contribution in [3.8, 4) is 0 Å². The van der Waals surface area contributed by atoms with E-state index in [9.17, 15) is 9.59 Å². The number of likely N-dealkylation sites (tertiary alicyclic amines) is 1. The molecule has 2 heterocycles. The van der Waals surface area contributed by atoms with Crippen molar-refractivity contribution in [2.45, 2.75) is 37.5 Å². The molecule has 1 amide bonds. The number of nitrogens with zero attached hydrogens (tertiary/aromatic N) is 1. The van der Waals surface area contributed by atoms with E-state index in [4.69, 9.17) is 9.47 Å².